The maximum Gasteiger partial charge on any atom is 0.251 e. The molecule has 1 aromatic heterocycles. The van der Waals surface area contributed by atoms with Crippen LogP contribution < -0.4 is 10.6 Å². The number of carbonyl (C=O) groups excluding carboxylic acids is 2. The van der Waals surface area contributed by atoms with E-state index in [1.807, 2.05) is 13.8 Å². The molecule has 0 spiro atoms. The maximum atomic E-state index is 12.2. The molecule has 2 rings (SSSR count). The fraction of sp³-hybridized carbons (Fsp3) is 0.500. The average molecular weight is 296 g/mol. The molecule has 6 heteroatoms. The fourth-order valence-corrected chi connectivity index (χ4v) is 2.28. The zero-order valence-electron chi connectivity index (χ0n) is 11.6. The summed E-state index contributed by atoms with van der Waals surface area (Å²) in [6, 6.07) is 3.28. The average Bonchev–Trinajstić information content (AvgIpc) is 2.40. The van der Waals surface area contributed by atoms with Gasteiger partial charge in [0.2, 0.25) is 5.91 Å². The van der Waals surface area contributed by atoms with Crippen LogP contribution in [0, 0.1) is 0 Å². The lowest BCUT2D eigenvalue weighted by Crippen LogP contribution is -2.47. The second kappa shape index (κ2) is 6.22. The number of rotatable bonds is 3. The molecule has 2 amide bonds. The van der Waals surface area contributed by atoms with E-state index < -0.39 is 0 Å². The Bertz CT molecular complexity index is 521. The van der Waals surface area contributed by atoms with Gasteiger partial charge in [0, 0.05) is 30.3 Å². The van der Waals surface area contributed by atoms with Crippen molar-refractivity contribution >= 4 is 23.4 Å². The Morgan fingerprint density at radius 2 is 2.25 bits per heavy atom. The smallest absolute Gasteiger partial charge is 0.251 e. The van der Waals surface area contributed by atoms with Gasteiger partial charge in [0.15, 0.2) is 0 Å². The van der Waals surface area contributed by atoms with Gasteiger partial charge < -0.3 is 10.6 Å². The van der Waals surface area contributed by atoms with Gasteiger partial charge in [0.05, 0.1) is 0 Å². The van der Waals surface area contributed by atoms with Crippen molar-refractivity contribution in [3.05, 3.63) is 28.5 Å². The van der Waals surface area contributed by atoms with Crippen LogP contribution in [0.2, 0.25) is 5.15 Å². The largest absolute Gasteiger partial charge is 0.354 e. The lowest BCUT2D eigenvalue weighted by molar-refractivity contribution is -0.122. The third kappa shape index (κ3) is 3.70. The molecule has 1 aliphatic heterocycles. The van der Waals surface area contributed by atoms with Gasteiger partial charge in [-0.25, -0.2) is 4.98 Å². The Morgan fingerprint density at radius 3 is 2.85 bits per heavy atom. The maximum absolute atomic E-state index is 12.2. The van der Waals surface area contributed by atoms with E-state index in [-0.39, 0.29) is 23.8 Å². The summed E-state index contributed by atoms with van der Waals surface area (Å²) in [5, 5.41) is 5.96. The molecule has 1 fully saturated rings. The van der Waals surface area contributed by atoms with Crippen LogP contribution in [-0.2, 0) is 4.79 Å². The zero-order valence-corrected chi connectivity index (χ0v) is 12.3. The predicted molar refractivity (Wildman–Crippen MR) is 76.8 cm³/mol. The molecule has 0 bridgehead atoms. The normalized spacial score (nSPS) is 18.8. The molecule has 0 aliphatic carbocycles. The van der Waals surface area contributed by atoms with Gasteiger partial charge in [0.1, 0.15) is 5.15 Å². The molecular formula is C14H18ClN3O2. The van der Waals surface area contributed by atoms with Crippen molar-refractivity contribution in [3.8, 4) is 0 Å². The first-order valence-electron chi connectivity index (χ1n) is 6.70. The van der Waals surface area contributed by atoms with Crippen LogP contribution in [0.5, 0.6) is 0 Å². The van der Waals surface area contributed by atoms with Gasteiger partial charge in [0.25, 0.3) is 5.91 Å². The highest BCUT2D eigenvalue weighted by molar-refractivity contribution is 6.29. The molecule has 0 radical (unpaired) electrons. The van der Waals surface area contributed by atoms with Crippen molar-refractivity contribution in [1.82, 2.24) is 15.6 Å². The number of nitrogens with one attached hydrogen (secondary N) is 2. The Hall–Kier alpha value is -1.62. The quantitative estimate of drug-likeness (QED) is 0.836. The van der Waals surface area contributed by atoms with Gasteiger partial charge in [-0.2, -0.15) is 0 Å². The van der Waals surface area contributed by atoms with E-state index in [0.717, 1.165) is 5.69 Å². The van der Waals surface area contributed by atoms with Gasteiger partial charge in [-0.05, 0) is 24.5 Å². The summed E-state index contributed by atoms with van der Waals surface area (Å²) in [5.74, 6) is 0.0520. The number of nitrogens with zero attached hydrogens (tertiary/aromatic N) is 1. The first-order valence-corrected chi connectivity index (χ1v) is 7.08. The van der Waals surface area contributed by atoms with Crippen LogP contribution >= 0.6 is 11.6 Å². The van der Waals surface area contributed by atoms with E-state index in [0.29, 0.717) is 30.1 Å². The SMILES string of the molecule is CC(C)c1cc(C(=O)NC2CCC(=O)NC2)cc(Cl)n1. The van der Waals surface area contributed by atoms with Crippen LogP contribution in [0.4, 0.5) is 0 Å². The summed E-state index contributed by atoms with van der Waals surface area (Å²) in [6.07, 6.45) is 1.10. The van der Waals surface area contributed by atoms with Gasteiger partial charge in [-0.3, -0.25) is 9.59 Å². The first kappa shape index (κ1) is 14.8. The number of carbonyl (C=O) groups is 2. The Labute approximate surface area is 123 Å². The van der Waals surface area contributed by atoms with E-state index in [2.05, 4.69) is 15.6 Å². The fourth-order valence-electron chi connectivity index (χ4n) is 2.07. The molecule has 108 valence electrons. The summed E-state index contributed by atoms with van der Waals surface area (Å²) in [6.45, 7) is 4.47. The highest BCUT2D eigenvalue weighted by Crippen LogP contribution is 2.18. The lowest BCUT2D eigenvalue weighted by Gasteiger charge is -2.23. The predicted octanol–water partition coefficient (Wildman–Crippen LogP) is 1.87. The monoisotopic (exact) mass is 295 g/mol. The van der Waals surface area contributed by atoms with Gasteiger partial charge in [-0.15, -0.1) is 0 Å². The Morgan fingerprint density at radius 1 is 1.50 bits per heavy atom. The minimum Gasteiger partial charge on any atom is -0.354 e. The topological polar surface area (TPSA) is 71.1 Å². The van der Waals surface area contributed by atoms with E-state index >= 15 is 0 Å². The zero-order chi connectivity index (χ0) is 14.7. The van der Waals surface area contributed by atoms with E-state index in [1.54, 1.807) is 12.1 Å². The van der Waals surface area contributed by atoms with E-state index in [1.165, 1.54) is 0 Å². The minimum absolute atomic E-state index is 0.0320. The Kier molecular flexibility index (Phi) is 4.60. The van der Waals surface area contributed by atoms with Gasteiger partial charge in [-0.1, -0.05) is 25.4 Å². The Balaban J connectivity index is 2.07. The van der Waals surface area contributed by atoms with E-state index in [9.17, 15) is 9.59 Å². The van der Waals surface area contributed by atoms with Crippen molar-refractivity contribution in [2.24, 2.45) is 0 Å². The number of piperidine rings is 1. The standard InChI is InChI=1S/C14H18ClN3O2/c1-8(2)11-5-9(6-12(15)18-11)14(20)17-10-3-4-13(19)16-7-10/h5-6,8,10H,3-4,7H2,1-2H3,(H,16,19)(H,17,20). The molecule has 2 heterocycles. The highest BCUT2D eigenvalue weighted by Gasteiger charge is 2.20. The van der Waals surface area contributed by atoms with Crippen LogP contribution in [0.1, 0.15) is 48.7 Å². The van der Waals surface area contributed by atoms with Crippen molar-refractivity contribution in [2.75, 3.05) is 6.54 Å². The molecular weight excluding hydrogens is 278 g/mol. The van der Waals surface area contributed by atoms with Crippen molar-refractivity contribution < 1.29 is 9.59 Å². The summed E-state index contributed by atoms with van der Waals surface area (Å²) in [7, 11) is 0. The molecule has 0 aromatic carbocycles. The molecule has 2 N–H and O–H groups in total. The highest BCUT2D eigenvalue weighted by atomic mass is 35.5. The summed E-state index contributed by atoms with van der Waals surface area (Å²) < 4.78 is 0. The van der Waals surface area contributed by atoms with E-state index in [4.69, 9.17) is 11.6 Å². The van der Waals surface area contributed by atoms with Crippen molar-refractivity contribution in [2.45, 2.75) is 38.6 Å². The second-order valence-electron chi connectivity index (χ2n) is 5.27. The number of pyridine rings is 1. The molecule has 1 aliphatic rings. The summed E-state index contributed by atoms with van der Waals surface area (Å²) in [5.41, 5.74) is 1.30. The molecule has 5 nitrogen and oxygen atoms in total. The van der Waals surface area contributed by atoms with Crippen LogP contribution in [0.25, 0.3) is 0 Å². The second-order valence-corrected chi connectivity index (χ2v) is 5.66. The van der Waals surface area contributed by atoms with Crippen molar-refractivity contribution in [3.63, 3.8) is 0 Å². The number of hydrogen-bond donors (Lipinski definition) is 2. The molecule has 20 heavy (non-hydrogen) atoms. The number of hydrogen-bond acceptors (Lipinski definition) is 3. The lowest BCUT2D eigenvalue weighted by atomic mass is 10.0. The van der Waals surface area contributed by atoms with Crippen LogP contribution in [-0.4, -0.2) is 29.4 Å². The first-order chi connectivity index (χ1) is 9.45. The summed E-state index contributed by atoms with van der Waals surface area (Å²) >= 11 is 5.95. The molecule has 1 saturated heterocycles. The number of amides is 2. The number of aromatic nitrogens is 1. The van der Waals surface area contributed by atoms with Gasteiger partial charge >= 0.3 is 0 Å². The molecule has 1 aromatic rings. The molecule has 0 saturated carbocycles. The third-order valence-electron chi connectivity index (χ3n) is 3.27. The van der Waals surface area contributed by atoms with Crippen LogP contribution in [0.15, 0.2) is 12.1 Å². The summed E-state index contributed by atoms with van der Waals surface area (Å²) in [4.78, 5) is 27.5. The van der Waals surface area contributed by atoms with Crippen LogP contribution in [0.3, 0.4) is 0 Å². The molecule has 1 unspecified atom stereocenters. The third-order valence-corrected chi connectivity index (χ3v) is 3.46. The molecule has 1 atom stereocenters. The van der Waals surface area contributed by atoms with Crippen molar-refractivity contribution in [1.29, 1.82) is 0 Å². The number of halogens is 1. The minimum atomic E-state index is -0.183.